The third kappa shape index (κ3) is 4.66. The van der Waals surface area contributed by atoms with Gasteiger partial charge in [0, 0.05) is 10.2 Å². The number of allylic oxidation sites excluding steroid dienone is 1. The van der Waals surface area contributed by atoms with Gasteiger partial charge in [0.2, 0.25) is 10.0 Å². The highest BCUT2D eigenvalue weighted by molar-refractivity contribution is 9.10. The Morgan fingerprint density at radius 3 is 2.59 bits per heavy atom. The largest absolute Gasteiger partial charge is 0.465 e. The Balaban J connectivity index is 1.76. The molecule has 1 aromatic carbocycles. The van der Waals surface area contributed by atoms with Gasteiger partial charge in [0.05, 0.1) is 29.7 Å². The van der Waals surface area contributed by atoms with E-state index in [0.717, 1.165) is 4.47 Å². The molecule has 2 N–H and O–H groups in total. The van der Waals surface area contributed by atoms with Crippen molar-refractivity contribution in [3.8, 4) is 0 Å². The fraction of sp³-hybridized carbons (Fsp3) is 0.158. The number of amides is 1. The van der Waals surface area contributed by atoms with Gasteiger partial charge in [0.15, 0.2) is 0 Å². The number of furan rings is 1. The van der Waals surface area contributed by atoms with Gasteiger partial charge in [-0.1, -0.05) is 15.9 Å². The van der Waals surface area contributed by atoms with Crippen molar-refractivity contribution in [2.45, 2.75) is 18.4 Å². The number of halogens is 1. The third-order valence-electron chi connectivity index (χ3n) is 4.11. The number of sulfonamides is 1. The van der Waals surface area contributed by atoms with Crippen molar-refractivity contribution in [2.75, 3.05) is 7.11 Å². The molecule has 2 aromatic rings. The Hall–Kier alpha value is -2.69. The van der Waals surface area contributed by atoms with Crippen molar-refractivity contribution >= 4 is 43.9 Å². The van der Waals surface area contributed by atoms with Gasteiger partial charge < -0.3 is 14.5 Å². The van der Waals surface area contributed by atoms with E-state index in [0.29, 0.717) is 17.2 Å². The van der Waals surface area contributed by atoms with E-state index >= 15 is 0 Å². The first-order chi connectivity index (χ1) is 13.7. The standard InChI is InChI=1S/C19H17BrN2O6S/c1-11-17(19(24)27-2)16(18(23)22-11)9-13-5-6-14(28-13)10-21-29(25,26)15-7-3-12(20)4-8-15/h3-9,21H,10H2,1-2H3,(H,22,23)/b16-9+. The van der Waals surface area contributed by atoms with Gasteiger partial charge in [0.1, 0.15) is 11.5 Å². The number of carbonyl (C=O) groups is 2. The van der Waals surface area contributed by atoms with Crippen molar-refractivity contribution in [2.24, 2.45) is 0 Å². The van der Waals surface area contributed by atoms with E-state index in [1.165, 1.54) is 25.3 Å². The molecule has 1 aromatic heterocycles. The second-order valence-electron chi connectivity index (χ2n) is 6.09. The van der Waals surface area contributed by atoms with E-state index < -0.39 is 21.9 Å². The van der Waals surface area contributed by atoms with Crippen molar-refractivity contribution in [1.82, 2.24) is 10.0 Å². The third-order valence-corrected chi connectivity index (χ3v) is 6.05. The first kappa shape index (κ1) is 21.0. The number of carbonyl (C=O) groups excluding carboxylic acids is 2. The molecule has 0 aliphatic carbocycles. The lowest BCUT2D eigenvalue weighted by Gasteiger charge is -2.05. The summed E-state index contributed by atoms with van der Waals surface area (Å²) in [6.45, 7) is 1.52. The van der Waals surface area contributed by atoms with Crippen LogP contribution in [0.4, 0.5) is 0 Å². The molecule has 8 nitrogen and oxygen atoms in total. The summed E-state index contributed by atoms with van der Waals surface area (Å²) in [6, 6.07) is 9.38. The Bertz CT molecular complexity index is 1130. The van der Waals surface area contributed by atoms with Gasteiger partial charge in [-0.15, -0.1) is 0 Å². The highest BCUT2D eigenvalue weighted by Gasteiger charge is 2.31. The molecule has 0 bridgehead atoms. The molecule has 10 heteroatoms. The zero-order chi connectivity index (χ0) is 21.2. The van der Waals surface area contributed by atoms with Gasteiger partial charge in [-0.3, -0.25) is 4.79 Å². The lowest BCUT2D eigenvalue weighted by atomic mass is 10.1. The van der Waals surface area contributed by atoms with E-state index in [4.69, 9.17) is 9.15 Å². The zero-order valence-corrected chi connectivity index (χ0v) is 17.9. The smallest absolute Gasteiger partial charge is 0.340 e. The molecule has 1 amide bonds. The van der Waals surface area contributed by atoms with Crippen molar-refractivity contribution < 1.29 is 27.2 Å². The van der Waals surface area contributed by atoms with Crippen LogP contribution in [0, 0.1) is 0 Å². The Kier molecular flexibility index (Phi) is 6.06. The molecule has 0 saturated carbocycles. The van der Waals surface area contributed by atoms with Gasteiger partial charge in [-0.25, -0.2) is 17.9 Å². The number of benzene rings is 1. The lowest BCUT2D eigenvalue weighted by molar-refractivity contribution is -0.136. The summed E-state index contributed by atoms with van der Waals surface area (Å²) in [5.74, 6) is -0.446. The quantitative estimate of drug-likeness (QED) is 0.484. The second kappa shape index (κ2) is 8.36. The number of nitrogens with one attached hydrogen (secondary N) is 2. The van der Waals surface area contributed by atoms with Crippen LogP contribution >= 0.6 is 15.9 Å². The number of hydrogen-bond donors (Lipinski definition) is 2. The topological polar surface area (TPSA) is 115 Å². The predicted molar refractivity (Wildman–Crippen MR) is 108 cm³/mol. The molecule has 0 unspecified atom stereocenters. The fourth-order valence-corrected chi connectivity index (χ4v) is 3.95. The first-order valence-corrected chi connectivity index (χ1v) is 10.7. The SMILES string of the molecule is COC(=O)C1=C(C)NC(=O)/C1=C/c1ccc(CNS(=O)(=O)c2ccc(Br)cc2)o1. The minimum absolute atomic E-state index is 0.0769. The fourth-order valence-electron chi connectivity index (χ4n) is 2.69. The molecule has 0 radical (unpaired) electrons. The molecule has 0 atom stereocenters. The maximum Gasteiger partial charge on any atom is 0.340 e. The summed E-state index contributed by atoms with van der Waals surface area (Å²) >= 11 is 3.26. The number of ether oxygens (including phenoxy) is 1. The summed E-state index contributed by atoms with van der Waals surface area (Å²) in [5, 5.41) is 2.56. The highest BCUT2D eigenvalue weighted by Crippen LogP contribution is 2.25. The maximum atomic E-state index is 12.3. The van der Waals surface area contributed by atoms with Crippen LogP contribution in [0.3, 0.4) is 0 Å². The lowest BCUT2D eigenvalue weighted by Crippen LogP contribution is -2.22. The molecule has 29 heavy (non-hydrogen) atoms. The molecule has 0 fully saturated rings. The summed E-state index contributed by atoms with van der Waals surface area (Å²) in [4.78, 5) is 24.1. The number of esters is 1. The minimum Gasteiger partial charge on any atom is -0.465 e. The summed E-state index contributed by atoms with van der Waals surface area (Å²) in [6.07, 6.45) is 1.41. The van der Waals surface area contributed by atoms with Gasteiger partial charge in [0.25, 0.3) is 5.91 Å². The Morgan fingerprint density at radius 2 is 1.93 bits per heavy atom. The monoisotopic (exact) mass is 480 g/mol. The maximum absolute atomic E-state index is 12.3. The summed E-state index contributed by atoms with van der Waals surface area (Å²) in [5.41, 5.74) is 0.638. The minimum atomic E-state index is -3.71. The first-order valence-electron chi connectivity index (χ1n) is 8.38. The van der Waals surface area contributed by atoms with Gasteiger partial charge >= 0.3 is 5.97 Å². The molecule has 152 valence electrons. The summed E-state index contributed by atoms with van der Waals surface area (Å²) < 4.78 is 38.2. The number of rotatable bonds is 6. The van der Waals surface area contributed by atoms with Crippen LogP contribution in [-0.2, 0) is 30.9 Å². The number of methoxy groups -OCH3 is 1. The molecule has 1 aliphatic heterocycles. The molecular formula is C19H17BrN2O6S. The Labute approximate surface area is 175 Å². The molecule has 2 heterocycles. The van der Waals surface area contributed by atoms with Crippen molar-refractivity contribution in [3.05, 3.63) is 69.2 Å². The second-order valence-corrected chi connectivity index (χ2v) is 8.77. The molecule has 0 saturated heterocycles. The van der Waals surface area contributed by atoms with E-state index in [1.54, 1.807) is 31.2 Å². The molecule has 0 spiro atoms. The normalized spacial score (nSPS) is 15.7. The highest BCUT2D eigenvalue weighted by atomic mass is 79.9. The van der Waals surface area contributed by atoms with E-state index in [-0.39, 0.29) is 22.6 Å². The van der Waals surface area contributed by atoms with Crippen LogP contribution in [0.25, 0.3) is 6.08 Å². The van der Waals surface area contributed by atoms with E-state index in [1.807, 2.05) is 0 Å². The van der Waals surface area contributed by atoms with Crippen LogP contribution < -0.4 is 10.0 Å². The average Bonchev–Trinajstić information content (AvgIpc) is 3.24. The van der Waals surface area contributed by atoms with Crippen LogP contribution in [0.15, 0.2) is 67.0 Å². The zero-order valence-electron chi connectivity index (χ0n) is 15.5. The van der Waals surface area contributed by atoms with Crippen LogP contribution in [0.2, 0.25) is 0 Å². The van der Waals surface area contributed by atoms with Gasteiger partial charge in [-0.2, -0.15) is 0 Å². The van der Waals surface area contributed by atoms with E-state index in [9.17, 15) is 18.0 Å². The van der Waals surface area contributed by atoms with Crippen LogP contribution in [-0.4, -0.2) is 27.4 Å². The van der Waals surface area contributed by atoms with Crippen molar-refractivity contribution in [3.63, 3.8) is 0 Å². The number of hydrogen-bond acceptors (Lipinski definition) is 6. The summed E-state index contributed by atoms with van der Waals surface area (Å²) in [7, 11) is -2.48. The van der Waals surface area contributed by atoms with Crippen LogP contribution in [0.1, 0.15) is 18.4 Å². The van der Waals surface area contributed by atoms with Gasteiger partial charge in [-0.05, 0) is 49.4 Å². The average molecular weight is 481 g/mol. The van der Waals surface area contributed by atoms with E-state index in [2.05, 4.69) is 26.0 Å². The Morgan fingerprint density at radius 1 is 1.24 bits per heavy atom. The van der Waals surface area contributed by atoms with Crippen LogP contribution in [0.5, 0.6) is 0 Å². The van der Waals surface area contributed by atoms with Crippen molar-refractivity contribution in [1.29, 1.82) is 0 Å². The molecule has 1 aliphatic rings. The predicted octanol–water partition coefficient (Wildman–Crippen LogP) is 2.48. The molecule has 3 rings (SSSR count). The molecular weight excluding hydrogens is 464 g/mol.